The van der Waals surface area contributed by atoms with E-state index in [1.807, 2.05) is 4.90 Å². The van der Waals surface area contributed by atoms with Crippen LogP contribution in [0.3, 0.4) is 0 Å². The molecule has 1 saturated heterocycles. The fourth-order valence-corrected chi connectivity index (χ4v) is 7.90. The molecule has 0 radical (unpaired) electrons. The number of hydrogen-bond acceptors (Lipinski definition) is 15. The maximum atomic E-state index is 14.9. The Bertz CT molecular complexity index is 2430. The Morgan fingerprint density at radius 3 is 1.08 bits per heavy atom. The molecule has 25 heteroatoms. The first-order chi connectivity index (χ1) is 36.4. The Labute approximate surface area is 441 Å². The van der Waals surface area contributed by atoms with Gasteiger partial charge in [0.15, 0.2) is 0 Å². The van der Waals surface area contributed by atoms with E-state index >= 15 is 0 Å². The van der Waals surface area contributed by atoms with Crippen molar-refractivity contribution < 1.29 is 62.2 Å². The van der Waals surface area contributed by atoms with E-state index in [1.165, 1.54) is 13.8 Å². The number of piperazine rings is 1. The first kappa shape index (κ1) is 60.2. The zero-order chi connectivity index (χ0) is 55.7. The molecule has 25 nitrogen and oxygen atoms in total. The minimum absolute atomic E-state index is 0.0445. The molecule has 6 N–H and O–H groups in total. The normalized spacial score (nSPS) is 13.2. The predicted octanol–water partition coefficient (Wildman–Crippen LogP) is 1.62. The van der Waals surface area contributed by atoms with E-state index < -0.39 is 117 Å². The fourth-order valence-electron chi connectivity index (χ4n) is 7.90. The molecule has 3 aromatic carbocycles. The van der Waals surface area contributed by atoms with Crippen molar-refractivity contribution in [3.05, 3.63) is 108 Å². The Hall–Kier alpha value is -8.32. The molecular formula is C51H70N12O13. The molecule has 1 aliphatic rings. The molecule has 1 aliphatic heterocycles. The summed E-state index contributed by atoms with van der Waals surface area (Å²) in [7, 11) is 0. The number of carbonyl (C=O) groups is 10. The van der Waals surface area contributed by atoms with Crippen LogP contribution >= 0.6 is 0 Å². The van der Waals surface area contributed by atoms with Crippen LogP contribution in [-0.4, -0.2) is 186 Å². The fraction of sp³-hybridized carbons (Fsp3) is 0.451. The second kappa shape index (κ2) is 30.8. The van der Waals surface area contributed by atoms with Crippen LogP contribution in [0, 0.1) is 0 Å². The van der Waals surface area contributed by atoms with E-state index in [-0.39, 0.29) is 26.4 Å². The van der Waals surface area contributed by atoms with E-state index in [0.717, 1.165) is 19.7 Å². The number of rotatable bonds is 23. The number of nitrogens with zero attached hydrogens (tertiary/aromatic N) is 7. The summed E-state index contributed by atoms with van der Waals surface area (Å²) in [6.45, 7) is 6.32. The van der Waals surface area contributed by atoms with Gasteiger partial charge in [-0.2, -0.15) is 0 Å². The Morgan fingerprint density at radius 2 is 0.776 bits per heavy atom. The Balaban J connectivity index is 1.72. The molecule has 10 amide bonds. The van der Waals surface area contributed by atoms with Crippen LogP contribution in [0.2, 0.25) is 0 Å². The second-order valence-electron chi connectivity index (χ2n) is 17.3. The lowest BCUT2D eigenvalue weighted by Crippen LogP contribution is -2.58. The van der Waals surface area contributed by atoms with E-state index in [0.29, 0.717) is 52.9 Å². The second-order valence-corrected chi connectivity index (χ2v) is 17.3. The number of hydrogen-bond donors (Lipinski definition) is 5. The van der Waals surface area contributed by atoms with Crippen LogP contribution in [0.5, 0.6) is 0 Å². The summed E-state index contributed by atoms with van der Waals surface area (Å²) in [6, 6.07) is 23.1. The van der Waals surface area contributed by atoms with Gasteiger partial charge in [0, 0.05) is 26.2 Å². The van der Waals surface area contributed by atoms with E-state index in [1.54, 1.807) is 119 Å². The van der Waals surface area contributed by atoms with E-state index in [4.69, 9.17) is 19.9 Å². The van der Waals surface area contributed by atoms with Gasteiger partial charge in [0.1, 0.15) is 32.7 Å². The largest absolute Gasteiger partial charge is 0.449 e. The minimum Gasteiger partial charge on any atom is -0.449 e. The smallest absolute Gasteiger partial charge is 0.426 e. The number of nitrogens with two attached hydrogens (primary N) is 1. The maximum absolute atomic E-state index is 14.9. The van der Waals surface area contributed by atoms with Crippen LogP contribution in [-0.2, 0) is 47.8 Å². The lowest BCUT2D eigenvalue weighted by molar-refractivity contribution is -0.152. The first-order valence-corrected chi connectivity index (χ1v) is 24.8. The molecular weight excluding hydrogens is 989 g/mol. The van der Waals surface area contributed by atoms with Crippen LogP contribution in [0.25, 0.3) is 0 Å². The lowest BCUT2D eigenvalue weighted by atomic mass is 10.1. The lowest BCUT2D eigenvalue weighted by Gasteiger charge is -2.35. The highest BCUT2D eigenvalue weighted by atomic mass is 16.6. The van der Waals surface area contributed by atoms with Crippen molar-refractivity contribution in [2.24, 2.45) is 5.73 Å². The molecule has 0 spiro atoms. The van der Waals surface area contributed by atoms with Crippen LogP contribution in [0.15, 0.2) is 91.0 Å². The molecule has 4 rings (SSSR count). The van der Waals surface area contributed by atoms with Gasteiger partial charge < -0.3 is 40.0 Å². The van der Waals surface area contributed by atoms with Crippen LogP contribution < -0.4 is 27.3 Å². The number of amides is 10. The number of primary amides is 1. The van der Waals surface area contributed by atoms with Gasteiger partial charge in [0.2, 0.25) is 23.6 Å². The summed E-state index contributed by atoms with van der Waals surface area (Å²) in [5.74, 6) is -6.18. The zero-order valence-electron chi connectivity index (χ0n) is 43.8. The van der Waals surface area contributed by atoms with Gasteiger partial charge in [-0.15, -0.1) is 0 Å². The highest BCUT2D eigenvalue weighted by Gasteiger charge is 2.36. The van der Waals surface area contributed by atoms with E-state index in [2.05, 4.69) is 21.6 Å². The van der Waals surface area contributed by atoms with E-state index in [9.17, 15) is 47.9 Å². The zero-order valence-corrected chi connectivity index (χ0v) is 43.8. The third-order valence-electron chi connectivity index (χ3n) is 12.0. The summed E-state index contributed by atoms with van der Waals surface area (Å²) < 4.78 is 15.2. The molecule has 1 fully saturated rings. The van der Waals surface area contributed by atoms with Gasteiger partial charge in [0.25, 0.3) is 17.7 Å². The summed E-state index contributed by atoms with van der Waals surface area (Å²) in [5, 5.41) is 5.25. The van der Waals surface area contributed by atoms with Crippen molar-refractivity contribution in [1.82, 2.24) is 56.2 Å². The molecule has 0 aliphatic carbocycles. The van der Waals surface area contributed by atoms with Crippen molar-refractivity contribution in [3.63, 3.8) is 0 Å². The summed E-state index contributed by atoms with van der Waals surface area (Å²) >= 11 is 0. The molecule has 76 heavy (non-hydrogen) atoms. The molecule has 3 aromatic rings. The van der Waals surface area contributed by atoms with Gasteiger partial charge in [0.05, 0.1) is 51.0 Å². The third kappa shape index (κ3) is 18.9. The molecule has 0 aromatic heterocycles. The van der Waals surface area contributed by atoms with Crippen molar-refractivity contribution in [1.29, 1.82) is 0 Å². The van der Waals surface area contributed by atoms with Crippen molar-refractivity contribution >= 4 is 59.6 Å². The minimum atomic E-state index is -1.16. The summed E-state index contributed by atoms with van der Waals surface area (Å²) in [6.07, 6.45) is -3.29. The summed E-state index contributed by atoms with van der Waals surface area (Å²) in [4.78, 5) is 143. The quantitative estimate of drug-likeness (QED) is 0.0666. The highest BCUT2D eigenvalue weighted by molar-refractivity contribution is 5.94. The monoisotopic (exact) mass is 1060 g/mol. The van der Waals surface area contributed by atoms with Crippen LogP contribution in [0.1, 0.15) is 76.4 Å². The van der Waals surface area contributed by atoms with Gasteiger partial charge >= 0.3 is 18.3 Å². The average Bonchev–Trinajstić information content (AvgIpc) is 3.40. The summed E-state index contributed by atoms with van der Waals surface area (Å²) in [5.41, 5.74) is 14.1. The van der Waals surface area contributed by atoms with Crippen LogP contribution in [0.4, 0.5) is 14.4 Å². The van der Waals surface area contributed by atoms with Gasteiger partial charge in [-0.05, 0) is 58.2 Å². The molecule has 0 saturated carbocycles. The predicted molar refractivity (Wildman–Crippen MR) is 274 cm³/mol. The van der Waals surface area contributed by atoms with Crippen molar-refractivity contribution in [2.75, 3.05) is 91.8 Å². The number of carbonyl (C=O) groups excluding carboxylic acids is 10. The first-order valence-electron chi connectivity index (χ1n) is 24.8. The number of ether oxygens (including phenoxy) is 3. The van der Waals surface area contributed by atoms with Crippen molar-refractivity contribution in [2.45, 2.75) is 59.7 Å². The number of hydrazine groups is 3. The maximum Gasteiger partial charge on any atom is 0.426 e. The molecule has 1 heterocycles. The Kier molecular flexibility index (Phi) is 24.4. The number of benzene rings is 3. The topological polar surface area (TPSA) is 295 Å². The standard InChI is InChI=1S/C51H70N12O13/c1-7-74-49(71)54-61(46(68)30-57-27-25-53-26-28-57)34-44(66)59(37(5)40-21-15-11-16-22-40)32-48(70)63(56-51(73)76-9-3)35-45(67)60(38(6)41-23-17-12-18-24-41)31-47(69)62(55-50(72)75-8-2)33-43(65)58(29-42(52)64)36(4)39-19-13-10-14-20-39/h10-24,36-38,53H,7-9,25-35H2,1-6H3,(H2,52,64)(H,54,71)(H,55,72)(H,56,73)/t36-,37-,38-/m1/s1. The van der Waals surface area contributed by atoms with Gasteiger partial charge in [-0.3, -0.25) is 38.5 Å². The average molecular weight is 1060 g/mol. The SMILES string of the molecule is CCOC(=O)NN(CC(=O)N(CC(N)=O)[C@H](C)c1ccccc1)C(=O)CN(C(=O)CN(NC(=O)OCC)C(=O)CN(C(=O)CN(NC(=O)OCC)C(=O)CN1CCNCC1)[C@H](C)c1ccccc1)[C@H](C)c1ccccc1. The third-order valence-corrected chi connectivity index (χ3v) is 12.0. The highest BCUT2D eigenvalue weighted by Crippen LogP contribution is 2.24. The molecule has 412 valence electrons. The molecule has 3 atom stereocenters. The number of nitrogens with one attached hydrogen (secondary N) is 4. The van der Waals surface area contributed by atoms with Gasteiger partial charge in [-0.25, -0.2) is 45.7 Å². The molecule has 0 unspecified atom stereocenters. The van der Waals surface area contributed by atoms with Gasteiger partial charge in [-0.1, -0.05) is 91.0 Å². The molecule has 0 bridgehead atoms. The van der Waals surface area contributed by atoms with Crippen molar-refractivity contribution in [3.8, 4) is 0 Å². The Morgan fingerprint density at radius 1 is 0.474 bits per heavy atom.